The van der Waals surface area contributed by atoms with Crippen molar-refractivity contribution in [1.29, 1.82) is 0 Å². The fraction of sp³-hybridized carbons (Fsp3) is 0.600. The molecule has 0 amide bonds. The predicted octanol–water partition coefficient (Wildman–Crippen LogP) is 4.24. The van der Waals surface area contributed by atoms with Crippen molar-refractivity contribution >= 4 is 0 Å². The van der Waals surface area contributed by atoms with Gasteiger partial charge in [0.1, 0.15) is 6.61 Å². The Morgan fingerprint density at radius 1 is 1.14 bits per heavy atom. The third-order valence-corrected chi connectivity index (χ3v) is 3.55. The number of benzene rings is 1. The Balaban J connectivity index is 2.37. The summed E-state index contributed by atoms with van der Waals surface area (Å²) in [7, 11) is 0. The molecule has 0 aromatic heterocycles. The number of fused-ring (bicyclic) bond motifs is 1. The fourth-order valence-electron chi connectivity index (χ4n) is 2.70. The van der Waals surface area contributed by atoms with E-state index in [0.717, 1.165) is 5.56 Å². The van der Waals surface area contributed by atoms with Gasteiger partial charge in [0.15, 0.2) is 6.29 Å². The molecule has 0 fully saturated rings. The molecule has 1 aromatic rings. The zero-order valence-electron chi connectivity index (χ0n) is 12.6. The Labute approximate surface area is 126 Å². The lowest BCUT2D eigenvalue weighted by Gasteiger charge is -2.43. The highest BCUT2D eigenvalue weighted by molar-refractivity contribution is 5.35. The molecule has 0 radical (unpaired) electrons. The van der Waals surface area contributed by atoms with Crippen LogP contribution in [-0.2, 0) is 14.4 Å². The van der Waals surface area contributed by atoms with Crippen LogP contribution >= 0.6 is 0 Å². The quantitative estimate of drug-likeness (QED) is 0.668. The number of rotatable bonds is 3. The van der Waals surface area contributed by atoms with Crippen molar-refractivity contribution in [3.05, 3.63) is 35.4 Å². The summed E-state index contributed by atoms with van der Waals surface area (Å²) in [6.45, 7) is 4.25. The summed E-state index contributed by atoms with van der Waals surface area (Å²) in [4.78, 5) is 4.26. The zero-order valence-corrected chi connectivity index (χ0v) is 12.6. The topological polar surface area (TPSA) is 47.9 Å². The lowest BCUT2D eigenvalue weighted by Crippen LogP contribution is -2.41. The van der Waals surface area contributed by atoms with Crippen LogP contribution in [0.5, 0.6) is 0 Å². The van der Waals surface area contributed by atoms with Gasteiger partial charge in [-0.3, -0.25) is 0 Å². The van der Waals surface area contributed by atoms with Gasteiger partial charge in [-0.2, -0.15) is 13.2 Å². The maximum absolute atomic E-state index is 12.4. The van der Waals surface area contributed by atoms with Crippen molar-refractivity contribution in [2.24, 2.45) is 5.41 Å². The predicted molar refractivity (Wildman–Crippen MR) is 72.0 cm³/mol. The SMILES string of the molecule is CC(C)(C)C1c2ccccc2C(OO)OC1OCC(F)(F)F. The third-order valence-electron chi connectivity index (χ3n) is 3.55. The Bertz CT molecular complexity index is 510. The standard InChI is InChI=1S/C15H19F3O4/c1-14(2,3)11-9-6-4-5-7-10(9)12(22-19)21-13(11)20-8-15(16,17)18/h4-7,11-13,19H,8H2,1-3H3. The van der Waals surface area contributed by atoms with Gasteiger partial charge in [0.05, 0.1) is 0 Å². The van der Waals surface area contributed by atoms with Crippen LogP contribution in [0.15, 0.2) is 24.3 Å². The summed E-state index contributed by atoms with van der Waals surface area (Å²) < 4.78 is 47.7. The first-order valence-corrected chi connectivity index (χ1v) is 6.86. The summed E-state index contributed by atoms with van der Waals surface area (Å²) in [6.07, 6.45) is -6.81. The molecule has 0 saturated carbocycles. The van der Waals surface area contributed by atoms with Crippen molar-refractivity contribution < 1.29 is 32.8 Å². The van der Waals surface area contributed by atoms with E-state index in [0.29, 0.717) is 5.56 Å². The molecule has 1 N–H and O–H groups in total. The summed E-state index contributed by atoms with van der Waals surface area (Å²) in [6, 6.07) is 7.00. The van der Waals surface area contributed by atoms with E-state index in [4.69, 9.17) is 14.7 Å². The van der Waals surface area contributed by atoms with Crippen molar-refractivity contribution in [2.75, 3.05) is 6.61 Å². The number of alkyl halides is 3. The summed E-state index contributed by atoms with van der Waals surface area (Å²) in [5.74, 6) is -0.433. The zero-order chi connectivity index (χ0) is 16.5. The Morgan fingerprint density at radius 2 is 1.73 bits per heavy atom. The molecule has 1 aliphatic rings. The van der Waals surface area contributed by atoms with Crippen LogP contribution in [-0.4, -0.2) is 24.3 Å². The van der Waals surface area contributed by atoms with Crippen LogP contribution in [0.4, 0.5) is 13.2 Å². The van der Waals surface area contributed by atoms with Crippen LogP contribution in [0.1, 0.15) is 44.1 Å². The van der Waals surface area contributed by atoms with E-state index in [1.54, 1.807) is 24.3 Å². The van der Waals surface area contributed by atoms with E-state index >= 15 is 0 Å². The monoisotopic (exact) mass is 320 g/mol. The minimum Gasteiger partial charge on any atom is -0.342 e. The highest BCUT2D eigenvalue weighted by atomic mass is 19.4. The average Bonchev–Trinajstić information content (AvgIpc) is 2.41. The Morgan fingerprint density at radius 3 is 2.23 bits per heavy atom. The van der Waals surface area contributed by atoms with Gasteiger partial charge in [-0.15, -0.1) is 0 Å². The second-order valence-corrected chi connectivity index (χ2v) is 6.34. The summed E-state index contributed by atoms with van der Waals surface area (Å²) >= 11 is 0. The molecule has 124 valence electrons. The van der Waals surface area contributed by atoms with Crippen LogP contribution in [0.25, 0.3) is 0 Å². The number of halogens is 3. The van der Waals surface area contributed by atoms with Gasteiger partial charge in [0, 0.05) is 11.5 Å². The molecule has 1 aliphatic heterocycles. The van der Waals surface area contributed by atoms with Crippen LogP contribution in [0.3, 0.4) is 0 Å². The van der Waals surface area contributed by atoms with Gasteiger partial charge < -0.3 is 9.47 Å². The fourth-order valence-corrected chi connectivity index (χ4v) is 2.70. The first-order valence-electron chi connectivity index (χ1n) is 6.86. The first kappa shape index (κ1) is 17.2. The molecule has 3 unspecified atom stereocenters. The van der Waals surface area contributed by atoms with Crippen molar-refractivity contribution in [1.82, 2.24) is 0 Å². The second-order valence-electron chi connectivity index (χ2n) is 6.34. The van der Waals surface area contributed by atoms with E-state index in [1.165, 1.54) is 0 Å². The molecule has 0 saturated heterocycles. The van der Waals surface area contributed by atoms with Gasteiger partial charge in [-0.1, -0.05) is 45.0 Å². The molecule has 0 spiro atoms. The molecular formula is C15H19F3O4. The normalized spacial score (nSPS) is 25.9. The molecular weight excluding hydrogens is 301 g/mol. The number of hydrogen-bond donors (Lipinski definition) is 1. The molecule has 1 heterocycles. The summed E-state index contributed by atoms with van der Waals surface area (Å²) in [5, 5.41) is 8.97. The van der Waals surface area contributed by atoms with Gasteiger partial charge in [-0.05, 0) is 11.0 Å². The van der Waals surface area contributed by atoms with Crippen LogP contribution in [0.2, 0.25) is 0 Å². The maximum Gasteiger partial charge on any atom is 0.411 e. The van der Waals surface area contributed by atoms with Crippen molar-refractivity contribution in [2.45, 2.75) is 45.4 Å². The minimum absolute atomic E-state index is 0.410. The van der Waals surface area contributed by atoms with E-state index in [2.05, 4.69) is 4.89 Å². The number of hydrogen-bond acceptors (Lipinski definition) is 4. The molecule has 1 aromatic carbocycles. The maximum atomic E-state index is 12.4. The second kappa shape index (κ2) is 6.16. The van der Waals surface area contributed by atoms with Crippen LogP contribution < -0.4 is 0 Å². The molecule has 22 heavy (non-hydrogen) atoms. The van der Waals surface area contributed by atoms with Gasteiger partial charge >= 0.3 is 6.18 Å². The van der Waals surface area contributed by atoms with E-state index in [9.17, 15) is 13.2 Å². The summed E-state index contributed by atoms with van der Waals surface area (Å²) in [5.41, 5.74) is 0.913. The van der Waals surface area contributed by atoms with E-state index in [-0.39, 0.29) is 0 Å². The van der Waals surface area contributed by atoms with E-state index < -0.39 is 36.7 Å². The third kappa shape index (κ3) is 3.78. The lowest BCUT2D eigenvalue weighted by molar-refractivity contribution is -0.392. The lowest BCUT2D eigenvalue weighted by atomic mass is 9.73. The molecule has 7 heteroatoms. The Hall–Kier alpha value is -1.15. The van der Waals surface area contributed by atoms with Gasteiger partial charge in [-0.25, -0.2) is 10.1 Å². The number of ether oxygens (including phenoxy) is 2. The Kier molecular flexibility index (Phi) is 4.81. The highest BCUT2D eigenvalue weighted by Crippen LogP contribution is 2.47. The molecule has 4 nitrogen and oxygen atoms in total. The molecule has 2 rings (SSSR count). The average molecular weight is 320 g/mol. The highest BCUT2D eigenvalue weighted by Gasteiger charge is 2.44. The molecule has 3 atom stereocenters. The van der Waals surface area contributed by atoms with Gasteiger partial charge in [0.25, 0.3) is 0 Å². The van der Waals surface area contributed by atoms with Gasteiger partial charge in [0.2, 0.25) is 6.29 Å². The molecule has 0 bridgehead atoms. The largest absolute Gasteiger partial charge is 0.411 e. The minimum atomic E-state index is -4.46. The van der Waals surface area contributed by atoms with Crippen molar-refractivity contribution in [3.63, 3.8) is 0 Å². The molecule has 0 aliphatic carbocycles. The smallest absolute Gasteiger partial charge is 0.342 e. The first-order chi connectivity index (χ1) is 10.1. The van der Waals surface area contributed by atoms with Crippen LogP contribution in [0, 0.1) is 5.41 Å². The van der Waals surface area contributed by atoms with E-state index in [1.807, 2.05) is 20.8 Å². The van der Waals surface area contributed by atoms with Crippen molar-refractivity contribution in [3.8, 4) is 0 Å².